The number of benzene rings is 1. The van der Waals surface area contributed by atoms with Gasteiger partial charge in [-0.15, -0.1) is 0 Å². The lowest BCUT2D eigenvalue weighted by atomic mass is 10.1. The molecule has 0 amide bonds. The highest BCUT2D eigenvalue weighted by Crippen LogP contribution is 2.10. The third kappa shape index (κ3) is 3.83. The number of hydrogen-bond donors (Lipinski definition) is 0. The van der Waals surface area contributed by atoms with E-state index in [0.717, 1.165) is 39.3 Å². The van der Waals surface area contributed by atoms with Gasteiger partial charge in [0.25, 0.3) is 0 Å². The maximum absolute atomic E-state index is 8.58. The van der Waals surface area contributed by atoms with Gasteiger partial charge in [-0.3, -0.25) is 9.80 Å². The molecule has 0 radical (unpaired) electrons. The smallest absolute Gasteiger partial charge is 0.0635 e. The standard InChI is InChI=1S/C15H21N3/c1-14-4-2-5-15(12-14)13-18-10-8-17(9-11-18)7-3-6-16/h2,4-5,12H,3,7-11,13H2,1H3. The average Bonchev–Trinajstić information content (AvgIpc) is 2.38. The Morgan fingerprint density at radius 1 is 1.17 bits per heavy atom. The molecule has 1 aromatic rings. The molecular formula is C15H21N3. The summed E-state index contributed by atoms with van der Waals surface area (Å²) in [5.41, 5.74) is 2.74. The van der Waals surface area contributed by atoms with Crippen LogP contribution in [0.3, 0.4) is 0 Å². The SMILES string of the molecule is Cc1cccc(CN2CCN(CCC#N)CC2)c1. The van der Waals surface area contributed by atoms with E-state index < -0.39 is 0 Å². The van der Waals surface area contributed by atoms with E-state index in [4.69, 9.17) is 5.26 Å². The van der Waals surface area contributed by atoms with E-state index in [1.807, 2.05) is 0 Å². The van der Waals surface area contributed by atoms with Crippen molar-refractivity contribution in [3.05, 3.63) is 35.4 Å². The molecule has 0 aromatic heterocycles. The van der Waals surface area contributed by atoms with Crippen molar-refractivity contribution >= 4 is 0 Å². The largest absolute Gasteiger partial charge is 0.300 e. The van der Waals surface area contributed by atoms with Crippen molar-refractivity contribution in [3.8, 4) is 6.07 Å². The summed E-state index contributed by atoms with van der Waals surface area (Å²) in [7, 11) is 0. The fraction of sp³-hybridized carbons (Fsp3) is 0.533. The number of aryl methyl sites for hydroxylation is 1. The van der Waals surface area contributed by atoms with E-state index in [2.05, 4.69) is 47.1 Å². The predicted molar refractivity (Wildman–Crippen MR) is 73.1 cm³/mol. The fourth-order valence-corrected chi connectivity index (χ4v) is 2.45. The maximum atomic E-state index is 8.58. The van der Waals surface area contributed by atoms with E-state index in [1.54, 1.807) is 0 Å². The maximum Gasteiger partial charge on any atom is 0.0635 e. The first-order chi connectivity index (χ1) is 8.78. The second-order valence-electron chi connectivity index (χ2n) is 5.01. The Morgan fingerprint density at radius 3 is 2.56 bits per heavy atom. The molecule has 1 fully saturated rings. The second kappa shape index (κ2) is 6.53. The van der Waals surface area contributed by atoms with Crippen LogP contribution >= 0.6 is 0 Å². The highest BCUT2D eigenvalue weighted by Gasteiger charge is 2.16. The van der Waals surface area contributed by atoms with Gasteiger partial charge in [-0.1, -0.05) is 29.8 Å². The first-order valence-electron chi connectivity index (χ1n) is 6.65. The summed E-state index contributed by atoms with van der Waals surface area (Å²) in [5, 5.41) is 8.58. The summed E-state index contributed by atoms with van der Waals surface area (Å²) in [6.45, 7) is 8.52. The lowest BCUT2D eigenvalue weighted by Gasteiger charge is -2.34. The predicted octanol–water partition coefficient (Wildman–Crippen LogP) is 2.03. The first-order valence-corrected chi connectivity index (χ1v) is 6.65. The van der Waals surface area contributed by atoms with E-state index in [9.17, 15) is 0 Å². The van der Waals surface area contributed by atoms with Crippen molar-refractivity contribution in [2.24, 2.45) is 0 Å². The van der Waals surface area contributed by atoms with Crippen LogP contribution in [0.2, 0.25) is 0 Å². The van der Waals surface area contributed by atoms with Gasteiger partial charge >= 0.3 is 0 Å². The minimum Gasteiger partial charge on any atom is -0.300 e. The molecule has 18 heavy (non-hydrogen) atoms. The van der Waals surface area contributed by atoms with Gasteiger partial charge in [0.05, 0.1) is 6.07 Å². The van der Waals surface area contributed by atoms with Gasteiger partial charge in [0.1, 0.15) is 0 Å². The fourth-order valence-electron chi connectivity index (χ4n) is 2.45. The Bertz CT molecular complexity index is 414. The molecule has 0 unspecified atom stereocenters. The molecule has 1 aliphatic rings. The quantitative estimate of drug-likeness (QED) is 0.810. The van der Waals surface area contributed by atoms with Gasteiger partial charge < -0.3 is 0 Å². The van der Waals surface area contributed by atoms with E-state index in [1.165, 1.54) is 11.1 Å². The third-order valence-corrected chi connectivity index (χ3v) is 3.49. The zero-order valence-corrected chi connectivity index (χ0v) is 11.1. The normalized spacial score (nSPS) is 17.6. The molecule has 1 aliphatic heterocycles. The molecule has 0 saturated carbocycles. The average molecular weight is 243 g/mol. The van der Waals surface area contributed by atoms with Crippen molar-refractivity contribution in [2.45, 2.75) is 19.9 Å². The van der Waals surface area contributed by atoms with Crippen LogP contribution in [0.5, 0.6) is 0 Å². The minimum absolute atomic E-state index is 0.651. The molecule has 0 N–H and O–H groups in total. The second-order valence-corrected chi connectivity index (χ2v) is 5.01. The number of piperazine rings is 1. The molecule has 1 aromatic carbocycles. The molecule has 3 nitrogen and oxygen atoms in total. The highest BCUT2D eigenvalue weighted by atomic mass is 15.3. The molecule has 1 saturated heterocycles. The van der Waals surface area contributed by atoms with E-state index in [0.29, 0.717) is 6.42 Å². The molecule has 0 spiro atoms. The van der Waals surface area contributed by atoms with Crippen LogP contribution in [0, 0.1) is 18.3 Å². The third-order valence-electron chi connectivity index (χ3n) is 3.49. The first kappa shape index (κ1) is 13.1. The number of hydrogen-bond acceptors (Lipinski definition) is 3. The lowest BCUT2D eigenvalue weighted by Crippen LogP contribution is -2.46. The Labute approximate surface area is 110 Å². The molecular weight excluding hydrogens is 222 g/mol. The van der Waals surface area contributed by atoms with E-state index >= 15 is 0 Å². The Hall–Kier alpha value is -1.37. The monoisotopic (exact) mass is 243 g/mol. The highest BCUT2D eigenvalue weighted by molar-refractivity contribution is 5.22. The van der Waals surface area contributed by atoms with Gasteiger partial charge in [0.2, 0.25) is 0 Å². The Morgan fingerprint density at radius 2 is 1.89 bits per heavy atom. The number of rotatable bonds is 4. The van der Waals surface area contributed by atoms with Crippen molar-refractivity contribution in [1.29, 1.82) is 5.26 Å². The molecule has 2 rings (SSSR count). The van der Waals surface area contributed by atoms with Crippen LogP contribution in [-0.2, 0) is 6.54 Å². The molecule has 0 aliphatic carbocycles. The molecule has 0 bridgehead atoms. The Balaban J connectivity index is 1.78. The van der Waals surface area contributed by atoms with Gasteiger partial charge in [0, 0.05) is 45.7 Å². The molecule has 1 heterocycles. The summed E-state index contributed by atoms with van der Waals surface area (Å²) in [6.07, 6.45) is 0.651. The van der Waals surface area contributed by atoms with Gasteiger partial charge in [0.15, 0.2) is 0 Å². The number of nitriles is 1. The minimum atomic E-state index is 0.651. The van der Waals surface area contributed by atoms with Crippen LogP contribution in [0.25, 0.3) is 0 Å². The summed E-state index contributed by atoms with van der Waals surface area (Å²) in [5.74, 6) is 0. The van der Waals surface area contributed by atoms with Crippen molar-refractivity contribution in [1.82, 2.24) is 9.80 Å². The zero-order valence-electron chi connectivity index (χ0n) is 11.1. The topological polar surface area (TPSA) is 30.3 Å². The summed E-state index contributed by atoms with van der Waals surface area (Å²) in [4.78, 5) is 4.88. The Kier molecular flexibility index (Phi) is 4.74. The van der Waals surface area contributed by atoms with E-state index in [-0.39, 0.29) is 0 Å². The van der Waals surface area contributed by atoms with Crippen LogP contribution in [0.4, 0.5) is 0 Å². The molecule has 0 atom stereocenters. The summed E-state index contributed by atoms with van der Waals surface area (Å²) in [6, 6.07) is 11.0. The summed E-state index contributed by atoms with van der Waals surface area (Å²) >= 11 is 0. The van der Waals surface area contributed by atoms with Crippen molar-refractivity contribution in [3.63, 3.8) is 0 Å². The zero-order chi connectivity index (χ0) is 12.8. The van der Waals surface area contributed by atoms with Crippen LogP contribution in [-0.4, -0.2) is 42.5 Å². The van der Waals surface area contributed by atoms with Crippen LogP contribution in [0.1, 0.15) is 17.5 Å². The van der Waals surface area contributed by atoms with Gasteiger partial charge in [-0.2, -0.15) is 5.26 Å². The van der Waals surface area contributed by atoms with Crippen molar-refractivity contribution in [2.75, 3.05) is 32.7 Å². The van der Waals surface area contributed by atoms with Gasteiger partial charge in [-0.25, -0.2) is 0 Å². The van der Waals surface area contributed by atoms with Crippen LogP contribution in [0.15, 0.2) is 24.3 Å². The molecule has 96 valence electrons. The van der Waals surface area contributed by atoms with Gasteiger partial charge in [-0.05, 0) is 12.5 Å². The lowest BCUT2D eigenvalue weighted by molar-refractivity contribution is 0.129. The van der Waals surface area contributed by atoms with Crippen molar-refractivity contribution < 1.29 is 0 Å². The molecule has 3 heteroatoms. The van der Waals surface area contributed by atoms with Crippen LogP contribution < -0.4 is 0 Å². The summed E-state index contributed by atoms with van der Waals surface area (Å²) < 4.78 is 0. The number of nitrogens with zero attached hydrogens (tertiary/aromatic N) is 3.